The van der Waals surface area contributed by atoms with Crippen LogP contribution in [0.2, 0.25) is 0 Å². The van der Waals surface area contributed by atoms with Gasteiger partial charge in [0.15, 0.2) is 0 Å². The highest BCUT2D eigenvalue weighted by atomic mass is 35.5. The lowest BCUT2D eigenvalue weighted by Crippen LogP contribution is -2.16. The topological polar surface area (TPSA) is 135 Å². The van der Waals surface area contributed by atoms with Gasteiger partial charge in [0, 0.05) is 46.7 Å². The van der Waals surface area contributed by atoms with E-state index in [-0.39, 0.29) is 24.2 Å². The molecule has 0 saturated heterocycles. The Balaban J connectivity index is 0.00000533. The van der Waals surface area contributed by atoms with Gasteiger partial charge < -0.3 is 22.1 Å². The van der Waals surface area contributed by atoms with Crippen LogP contribution in [-0.4, -0.2) is 36.6 Å². The van der Waals surface area contributed by atoms with Crippen molar-refractivity contribution in [2.24, 2.45) is 21.5 Å². The zero-order valence-electron chi connectivity index (χ0n) is 22.4. The number of nitrogens with zero attached hydrogens (tertiary/aromatic N) is 2. The summed E-state index contributed by atoms with van der Waals surface area (Å²) in [6.45, 7) is 5.61. The number of hydrogen-bond acceptors (Lipinski definition) is 4. The maximum Gasteiger partial charge on any atom is 0.255 e. The SMILES string of the molecule is CCCCN=C(N)c1ccc(NC(=O)c2ccc(C(=O)Nc3ccc(C(N)=NCCCC)cc3)cc2)cc1.Cl. The summed E-state index contributed by atoms with van der Waals surface area (Å²) in [4.78, 5) is 34.1. The molecule has 0 radical (unpaired) electrons. The maximum absolute atomic E-state index is 12.7. The number of amidine groups is 2. The Hall–Kier alpha value is -4.17. The lowest BCUT2D eigenvalue weighted by molar-refractivity contribution is 0.101. The number of benzene rings is 3. The predicted molar refractivity (Wildman–Crippen MR) is 163 cm³/mol. The first-order valence-electron chi connectivity index (χ1n) is 12.9. The molecule has 0 unspecified atom stereocenters. The van der Waals surface area contributed by atoms with Gasteiger partial charge in [-0.05, 0) is 85.6 Å². The second-order valence-corrected chi connectivity index (χ2v) is 8.88. The normalized spacial score (nSPS) is 11.4. The number of halogens is 1. The molecule has 0 saturated carbocycles. The number of unbranched alkanes of at least 4 members (excludes halogenated alkanes) is 2. The molecule has 0 aromatic heterocycles. The van der Waals surface area contributed by atoms with E-state index in [4.69, 9.17) is 11.5 Å². The third kappa shape index (κ3) is 9.57. The minimum absolute atomic E-state index is 0. The van der Waals surface area contributed by atoms with Crippen LogP contribution in [0.15, 0.2) is 82.8 Å². The molecule has 206 valence electrons. The highest BCUT2D eigenvalue weighted by molar-refractivity contribution is 6.07. The molecule has 9 heteroatoms. The molecule has 0 aliphatic rings. The van der Waals surface area contributed by atoms with Crippen molar-refractivity contribution in [3.63, 3.8) is 0 Å². The molecular formula is C30H37ClN6O2. The van der Waals surface area contributed by atoms with Crippen LogP contribution in [0, 0.1) is 0 Å². The monoisotopic (exact) mass is 548 g/mol. The summed E-state index contributed by atoms with van der Waals surface area (Å²) in [5.41, 5.74) is 15.8. The molecule has 0 bridgehead atoms. The number of aliphatic imine (C=N–C) groups is 2. The quantitative estimate of drug-likeness (QED) is 0.133. The maximum atomic E-state index is 12.7. The van der Waals surface area contributed by atoms with E-state index in [1.807, 2.05) is 24.3 Å². The molecule has 0 fully saturated rings. The van der Waals surface area contributed by atoms with Gasteiger partial charge in [-0.2, -0.15) is 0 Å². The van der Waals surface area contributed by atoms with E-state index in [0.717, 1.165) is 36.8 Å². The zero-order valence-corrected chi connectivity index (χ0v) is 23.3. The lowest BCUT2D eigenvalue weighted by atomic mass is 10.1. The van der Waals surface area contributed by atoms with Crippen molar-refractivity contribution < 1.29 is 9.59 Å². The molecule has 8 nitrogen and oxygen atoms in total. The molecule has 6 N–H and O–H groups in total. The second-order valence-electron chi connectivity index (χ2n) is 8.88. The summed E-state index contributed by atoms with van der Waals surface area (Å²) in [6, 6.07) is 20.9. The van der Waals surface area contributed by atoms with E-state index >= 15 is 0 Å². The van der Waals surface area contributed by atoms with E-state index in [0.29, 0.717) is 47.3 Å². The number of carbonyl (C=O) groups is 2. The minimum Gasteiger partial charge on any atom is -0.384 e. The van der Waals surface area contributed by atoms with Crippen LogP contribution in [0.4, 0.5) is 11.4 Å². The third-order valence-electron chi connectivity index (χ3n) is 5.87. The Labute approximate surface area is 236 Å². The van der Waals surface area contributed by atoms with E-state index in [1.165, 1.54) is 0 Å². The number of rotatable bonds is 12. The fourth-order valence-corrected chi connectivity index (χ4v) is 3.53. The summed E-state index contributed by atoms with van der Waals surface area (Å²) < 4.78 is 0. The van der Waals surface area contributed by atoms with Gasteiger partial charge in [-0.1, -0.05) is 26.7 Å². The average Bonchev–Trinajstić information content (AvgIpc) is 2.94. The van der Waals surface area contributed by atoms with Crippen molar-refractivity contribution in [3.8, 4) is 0 Å². The van der Waals surface area contributed by atoms with Crippen molar-refractivity contribution >= 4 is 47.3 Å². The largest absolute Gasteiger partial charge is 0.384 e. The van der Waals surface area contributed by atoms with Gasteiger partial charge in [-0.25, -0.2) is 0 Å². The van der Waals surface area contributed by atoms with Gasteiger partial charge in [0.1, 0.15) is 11.7 Å². The molecule has 3 rings (SSSR count). The van der Waals surface area contributed by atoms with Crippen LogP contribution in [0.5, 0.6) is 0 Å². The summed E-state index contributed by atoms with van der Waals surface area (Å²) in [7, 11) is 0. The van der Waals surface area contributed by atoms with Crippen LogP contribution in [0.1, 0.15) is 71.4 Å². The average molecular weight is 549 g/mol. The second kappa shape index (κ2) is 15.9. The van der Waals surface area contributed by atoms with Gasteiger partial charge in [0.2, 0.25) is 0 Å². The first-order valence-corrected chi connectivity index (χ1v) is 12.9. The minimum atomic E-state index is -0.275. The molecule has 0 atom stereocenters. The van der Waals surface area contributed by atoms with Gasteiger partial charge in [0.05, 0.1) is 0 Å². The first-order chi connectivity index (χ1) is 18.4. The molecule has 3 aromatic rings. The predicted octanol–water partition coefficient (Wildman–Crippen LogP) is 5.62. The lowest BCUT2D eigenvalue weighted by Gasteiger charge is -2.09. The van der Waals surface area contributed by atoms with Crippen LogP contribution in [-0.2, 0) is 0 Å². The van der Waals surface area contributed by atoms with Gasteiger partial charge in [-0.3, -0.25) is 19.6 Å². The molecule has 0 aliphatic heterocycles. The third-order valence-corrected chi connectivity index (χ3v) is 5.87. The summed E-state index contributed by atoms with van der Waals surface area (Å²) in [6.07, 6.45) is 4.11. The Bertz CT molecular complexity index is 1170. The van der Waals surface area contributed by atoms with E-state index in [9.17, 15) is 9.59 Å². The van der Waals surface area contributed by atoms with Crippen molar-refractivity contribution in [3.05, 3.63) is 95.1 Å². The van der Waals surface area contributed by atoms with Gasteiger partial charge >= 0.3 is 0 Å². The van der Waals surface area contributed by atoms with E-state index < -0.39 is 0 Å². The Kier molecular flexibility index (Phi) is 12.7. The zero-order chi connectivity index (χ0) is 27.3. The standard InChI is InChI=1S/C30H36N6O2.ClH/c1-3-5-19-33-27(31)21-11-15-25(16-12-21)35-29(37)23-7-9-24(10-8-23)30(38)36-26-17-13-22(14-18-26)28(32)34-20-6-4-2;/h7-18H,3-6,19-20H2,1-2H3,(H2,31,33)(H2,32,34)(H,35,37)(H,36,38);1H. The highest BCUT2D eigenvalue weighted by Gasteiger charge is 2.11. The number of nitrogens with one attached hydrogen (secondary N) is 2. The Morgan fingerprint density at radius 1 is 0.590 bits per heavy atom. The number of nitrogens with two attached hydrogens (primary N) is 2. The van der Waals surface area contributed by atoms with Crippen molar-refractivity contribution in [1.29, 1.82) is 0 Å². The molecule has 0 spiro atoms. The molecule has 3 aromatic carbocycles. The van der Waals surface area contributed by atoms with Crippen molar-refractivity contribution in [1.82, 2.24) is 0 Å². The Morgan fingerprint density at radius 2 is 0.897 bits per heavy atom. The number of anilines is 2. The van der Waals surface area contributed by atoms with Crippen LogP contribution < -0.4 is 22.1 Å². The number of carbonyl (C=O) groups excluding carboxylic acids is 2. The van der Waals surface area contributed by atoms with Crippen LogP contribution >= 0.6 is 12.4 Å². The highest BCUT2D eigenvalue weighted by Crippen LogP contribution is 2.15. The Morgan fingerprint density at radius 3 is 1.21 bits per heavy atom. The first kappa shape index (κ1) is 31.1. The van der Waals surface area contributed by atoms with Gasteiger partial charge in [-0.15, -0.1) is 12.4 Å². The number of amides is 2. The summed E-state index contributed by atoms with van der Waals surface area (Å²) in [5.74, 6) is 0.425. The van der Waals surface area contributed by atoms with Crippen molar-refractivity contribution in [2.45, 2.75) is 39.5 Å². The molecule has 0 heterocycles. The number of hydrogen-bond donors (Lipinski definition) is 4. The fourth-order valence-electron chi connectivity index (χ4n) is 3.53. The summed E-state index contributed by atoms with van der Waals surface area (Å²) in [5, 5.41) is 5.71. The fraction of sp³-hybridized carbons (Fsp3) is 0.267. The molecule has 2 amide bonds. The summed E-state index contributed by atoms with van der Waals surface area (Å²) >= 11 is 0. The van der Waals surface area contributed by atoms with Crippen LogP contribution in [0.25, 0.3) is 0 Å². The van der Waals surface area contributed by atoms with E-state index in [1.54, 1.807) is 48.5 Å². The van der Waals surface area contributed by atoms with E-state index in [2.05, 4.69) is 34.5 Å². The smallest absolute Gasteiger partial charge is 0.255 e. The molecular weight excluding hydrogens is 512 g/mol. The molecule has 0 aliphatic carbocycles. The molecule has 39 heavy (non-hydrogen) atoms. The van der Waals surface area contributed by atoms with Crippen LogP contribution in [0.3, 0.4) is 0 Å². The van der Waals surface area contributed by atoms with Crippen molar-refractivity contribution in [2.75, 3.05) is 23.7 Å². The van der Waals surface area contributed by atoms with Gasteiger partial charge in [0.25, 0.3) is 11.8 Å².